The minimum atomic E-state index is -1.11. The second-order valence-corrected chi connectivity index (χ2v) is 5.09. The van der Waals surface area contributed by atoms with Gasteiger partial charge in [0.15, 0.2) is 0 Å². The van der Waals surface area contributed by atoms with E-state index >= 15 is 0 Å². The third kappa shape index (κ3) is 3.25. The number of carboxylic acid groups (broad SMARTS) is 1. The van der Waals surface area contributed by atoms with Crippen molar-refractivity contribution in [3.05, 3.63) is 57.2 Å². The van der Waals surface area contributed by atoms with Crippen LogP contribution in [0, 0.1) is 10.1 Å². The van der Waals surface area contributed by atoms with Crippen LogP contribution in [0.25, 0.3) is 0 Å². The molecule has 0 fully saturated rings. The third-order valence-electron chi connectivity index (χ3n) is 2.32. The van der Waals surface area contributed by atoms with Gasteiger partial charge in [0.25, 0.3) is 5.69 Å². The molecule has 20 heavy (non-hydrogen) atoms. The number of nitro groups is 1. The highest BCUT2D eigenvalue weighted by molar-refractivity contribution is 7.99. The van der Waals surface area contributed by atoms with Crippen LogP contribution in [0.3, 0.4) is 0 Å². The fourth-order valence-corrected chi connectivity index (χ4v) is 2.51. The fraction of sp³-hybridized carbons (Fsp3) is 0. The topological polar surface area (TPSA) is 93.3 Å². The summed E-state index contributed by atoms with van der Waals surface area (Å²) in [6.07, 6.45) is 0. The zero-order valence-corrected chi connectivity index (χ0v) is 11.4. The number of halogens is 1. The Balaban J connectivity index is 2.31. The van der Waals surface area contributed by atoms with Gasteiger partial charge in [0.05, 0.1) is 10.5 Å². The molecule has 0 radical (unpaired) electrons. The van der Waals surface area contributed by atoms with Crippen LogP contribution in [-0.4, -0.2) is 21.0 Å². The lowest BCUT2D eigenvalue weighted by Gasteiger charge is -2.05. The Hall–Kier alpha value is -2.12. The Kier molecular flexibility index (Phi) is 4.21. The molecular weight excluding hydrogens is 304 g/mol. The van der Waals surface area contributed by atoms with E-state index in [1.54, 1.807) is 0 Å². The lowest BCUT2D eigenvalue weighted by molar-refractivity contribution is -0.384. The van der Waals surface area contributed by atoms with Gasteiger partial charge in [-0.05, 0) is 24.3 Å². The molecule has 0 bridgehead atoms. The number of hydrogen-bond acceptors (Lipinski definition) is 5. The molecule has 0 aliphatic heterocycles. The molecule has 1 N–H and O–H groups in total. The summed E-state index contributed by atoms with van der Waals surface area (Å²) in [5.74, 6) is -1.11. The summed E-state index contributed by atoms with van der Waals surface area (Å²) in [4.78, 5) is 25.7. The van der Waals surface area contributed by atoms with Crippen LogP contribution in [0.15, 0.2) is 46.3 Å². The number of carbonyl (C=O) groups is 1. The van der Waals surface area contributed by atoms with Crippen molar-refractivity contribution in [1.82, 2.24) is 4.98 Å². The SMILES string of the molecule is O=C(O)c1ccc(Cl)nc1Sc1ccc([N+](=O)[O-])cc1. The number of pyridine rings is 1. The molecule has 1 heterocycles. The molecule has 0 amide bonds. The van der Waals surface area contributed by atoms with E-state index in [-0.39, 0.29) is 21.4 Å². The number of carboxylic acids is 1. The van der Waals surface area contributed by atoms with E-state index in [0.717, 1.165) is 11.8 Å². The number of non-ortho nitro benzene ring substituents is 1. The summed E-state index contributed by atoms with van der Waals surface area (Å²) in [7, 11) is 0. The Morgan fingerprint density at radius 3 is 2.45 bits per heavy atom. The van der Waals surface area contributed by atoms with Gasteiger partial charge in [0.1, 0.15) is 10.2 Å². The first-order valence-corrected chi connectivity index (χ1v) is 6.49. The Labute approximate surface area is 122 Å². The van der Waals surface area contributed by atoms with Gasteiger partial charge in [-0.2, -0.15) is 0 Å². The minimum absolute atomic E-state index is 0.0257. The van der Waals surface area contributed by atoms with Gasteiger partial charge in [0.2, 0.25) is 0 Å². The van der Waals surface area contributed by atoms with Crippen molar-refractivity contribution in [2.45, 2.75) is 9.92 Å². The van der Waals surface area contributed by atoms with E-state index in [1.165, 1.54) is 36.4 Å². The number of aromatic nitrogens is 1. The first kappa shape index (κ1) is 14.3. The first-order valence-electron chi connectivity index (χ1n) is 5.29. The molecule has 0 spiro atoms. The van der Waals surface area contributed by atoms with Crippen molar-refractivity contribution >= 4 is 35.0 Å². The molecule has 1 aromatic heterocycles. The Bertz CT molecular complexity index is 676. The number of hydrogen-bond donors (Lipinski definition) is 1. The van der Waals surface area contributed by atoms with Crippen LogP contribution in [0.5, 0.6) is 0 Å². The average molecular weight is 311 g/mol. The molecule has 0 saturated carbocycles. The van der Waals surface area contributed by atoms with Crippen molar-refractivity contribution in [2.75, 3.05) is 0 Å². The number of nitro benzene ring substituents is 1. The lowest BCUT2D eigenvalue weighted by Crippen LogP contribution is -2.00. The lowest BCUT2D eigenvalue weighted by atomic mass is 10.3. The average Bonchev–Trinajstić information content (AvgIpc) is 2.39. The zero-order valence-electron chi connectivity index (χ0n) is 9.82. The van der Waals surface area contributed by atoms with Gasteiger partial charge < -0.3 is 5.11 Å². The van der Waals surface area contributed by atoms with Crippen molar-refractivity contribution in [3.63, 3.8) is 0 Å². The highest BCUT2D eigenvalue weighted by Gasteiger charge is 2.14. The number of benzene rings is 1. The van der Waals surface area contributed by atoms with Crippen LogP contribution in [0.2, 0.25) is 5.15 Å². The predicted molar refractivity (Wildman–Crippen MR) is 73.4 cm³/mol. The molecule has 0 aliphatic carbocycles. The monoisotopic (exact) mass is 310 g/mol. The summed E-state index contributed by atoms with van der Waals surface area (Å²) in [5, 5.41) is 20.0. The number of rotatable bonds is 4. The van der Waals surface area contributed by atoms with E-state index in [9.17, 15) is 14.9 Å². The summed E-state index contributed by atoms with van der Waals surface area (Å²) < 4.78 is 0. The maximum absolute atomic E-state index is 11.1. The van der Waals surface area contributed by atoms with Crippen molar-refractivity contribution in [1.29, 1.82) is 0 Å². The number of nitrogens with zero attached hydrogens (tertiary/aromatic N) is 2. The van der Waals surface area contributed by atoms with Crippen LogP contribution < -0.4 is 0 Å². The smallest absolute Gasteiger partial charge is 0.338 e. The van der Waals surface area contributed by atoms with E-state index in [0.29, 0.717) is 4.90 Å². The molecule has 0 unspecified atom stereocenters. The first-order chi connectivity index (χ1) is 9.47. The molecule has 1 aromatic carbocycles. The fourth-order valence-electron chi connectivity index (χ4n) is 1.41. The van der Waals surface area contributed by atoms with Crippen molar-refractivity contribution in [2.24, 2.45) is 0 Å². The van der Waals surface area contributed by atoms with E-state index in [2.05, 4.69) is 4.98 Å². The molecule has 0 aliphatic rings. The molecular formula is C12H7ClN2O4S. The molecule has 0 atom stereocenters. The zero-order chi connectivity index (χ0) is 14.7. The molecule has 2 aromatic rings. The van der Waals surface area contributed by atoms with Crippen LogP contribution in [0.1, 0.15) is 10.4 Å². The summed E-state index contributed by atoms with van der Waals surface area (Å²) in [6.45, 7) is 0. The summed E-state index contributed by atoms with van der Waals surface area (Å²) >= 11 is 6.83. The van der Waals surface area contributed by atoms with Crippen LogP contribution >= 0.6 is 23.4 Å². The molecule has 2 rings (SSSR count). The van der Waals surface area contributed by atoms with Gasteiger partial charge in [-0.3, -0.25) is 10.1 Å². The maximum atomic E-state index is 11.1. The van der Waals surface area contributed by atoms with Gasteiger partial charge in [-0.1, -0.05) is 23.4 Å². The molecule has 102 valence electrons. The van der Waals surface area contributed by atoms with E-state index < -0.39 is 10.9 Å². The van der Waals surface area contributed by atoms with Gasteiger partial charge >= 0.3 is 5.97 Å². The molecule has 6 nitrogen and oxygen atoms in total. The van der Waals surface area contributed by atoms with Crippen molar-refractivity contribution in [3.8, 4) is 0 Å². The van der Waals surface area contributed by atoms with Gasteiger partial charge in [-0.15, -0.1) is 0 Å². The van der Waals surface area contributed by atoms with Gasteiger partial charge in [0, 0.05) is 17.0 Å². The van der Waals surface area contributed by atoms with E-state index in [1.807, 2.05) is 0 Å². The van der Waals surface area contributed by atoms with Gasteiger partial charge in [-0.25, -0.2) is 9.78 Å². The Morgan fingerprint density at radius 1 is 1.25 bits per heavy atom. The normalized spacial score (nSPS) is 10.2. The summed E-state index contributed by atoms with van der Waals surface area (Å²) in [5.41, 5.74) is -0.00962. The van der Waals surface area contributed by atoms with Crippen LogP contribution in [-0.2, 0) is 0 Å². The number of aromatic carboxylic acids is 1. The second-order valence-electron chi connectivity index (χ2n) is 3.64. The third-order valence-corrected chi connectivity index (χ3v) is 3.54. The van der Waals surface area contributed by atoms with Crippen LogP contribution in [0.4, 0.5) is 5.69 Å². The second kappa shape index (κ2) is 5.89. The highest BCUT2D eigenvalue weighted by atomic mass is 35.5. The quantitative estimate of drug-likeness (QED) is 0.528. The minimum Gasteiger partial charge on any atom is -0.478 e. The molecule has 0 saturated heterocycles. The standard InChI is InChI=1S/C12H7ClN2O4S/c13-10-6-5-9(12(16)17)11(14-10)20-8-3-1-7(2-4-8)15(18)19/h1-6H,(H,16,17). The Morgan fingerprint density at radius 2 is 1.90 bits per heavy atom. The van der Waals surface area contributed by atoms with Crippen molar-refractivity contribution < 1.29 is 14.8 Å². The molecule has 8 heteroatoms. The maximum Gasteiger partial charge on any atom is 0.338 e. The highest BCUT2D eigenvalue weighted by Crippen LogP contribution is 2.31. The summed E-state index contributed by atoms with van der Waals surface area (Å²) in [6, 6.07) is 8.49. The largest absolute Gasteiger partial charge is 0.478 e. The predicted octanol–water partition coefficient (Wildman–Crippen LogP) is 3.49. The van der Waals surface area contributed by atoms with E-state index in [4.69, 9.17) is 16.7 Å².